The highest BCUT2D eigenvalue weighted by molar-refractivity contribution is 8.12. The average Bonchev–Trinajstić information content (AvgIpc) is 2.96. The van der Waals surface area contributed by atoms with Gasteiger partial charge in [0.25, 0.3) is 0 Å². The molecule has 0 radical (unpaired) electrons. The summed E-state index contributed by atoms with van der Waals surface area (Å²) in [7, 11) is -2.65. The highest BCUT2D eigenvalue weighted by atomic mass is 32.2. The molecule has 0 aliphatic carbocycles. The normalized spacial score (nSPS) is 31.0. The van der Waals surface area contributed by atoms with Crippen molar-refractivity contribution in [2.45, 2.75) is 102 Å². The number of hydrogen-bond donors (Lipinski definition) is 0. The second-order valence-electron chi connectivity index (χ2n) is 9.54. The summed E-state index contributed by atoms with van der Waals surface area (Å²) in [4.78, 5) is 12.1. The molecule has 2 fully saturated rings. The predicted octanol–water partition coefficient (Wildman–Crippen LogP) is 4.76. The topological polar surface area (TPSA) is 63.2 Å². The van der Waals surface area contributed by atoms with E-state index in [9.17, 15) is 4.79 Å². The minimum atomic E-state index is -2.76. The Balaban J connectivity index is 2.55. The standard InChI is InChI=1S/C19H40BO6PSSi2/c1-11(2)29(12(3)4)22-10-15-16(25-30(26-29,13(5)6)14(7)8)17(18(20-27)23-15)24-19(21)28-9/h11-18,20H,10,27H2,1-9H3/t15-,16+,17?,18-/m1/s1. The maximum Gasteiger partial charge on any atom is 0.367 e. The lowest BCUT2D eigenvalue weighted by Gasteiger charge is -2.51. The zero-order valence-electron chi connectivity index (χ0n) is 20.0. The summed E-state index contributed by atoms with van der Waals surface area (Å²) in [5.41, 5.74) is 1.00. The molecule has 0 N–H and O–H groups in total. The Kier molecular flexibility index (Phi) is 9.55. The zero-order chi connectivity index (χ0) is 22.9. The van der Waals surface area contributed by atoms with Gasteiger partial charge in [-0.2, -0.15) is 9.12 Å². The monoisotopic (exact) mass is 494 g/mol. The van der Waals surface area contributed by atoms with Crippen molar-refractivity contribution < 1.29 is 27.2 Å². The van der Waals surface area contributed by atoms with Gasteiger partial charge in [0, 0.05) is 0 Å². The molecule has 5 atom stereocenters. The van der Waals surface area contributed by atoms with Crippen molar-refractivity contribution in [3.8, 4) is 0 Å². The molecule has 174 valence electrons. The molecule has 2 aliphatic heterocycles. The van der Waals surface area contributed by atoms with Crippen LogP contribution in [0.5, 0.6) is 0 Å². The van der Waals surface area contributed by atoms with Gasteiger partial charge in [-0.1, -0.05) is 55.4 Å². The first-order valence-electron chi connectivity index (χ1n) is 11.1. The SMILES string of the molecule is CSC(=O)OC1[C@H](BP)O[C@@H]2CO[Si](C(C)C)(C(C)C)O[Si](C(C)C)(C(C)C)O[C@H]12. The molecule has 11 heteroatoms. The van der Waals surface area contributed by atoms with Crippen LogP contribution in [0.15, 0.2) is 0 Å². The molecule has 2 aliphatic rings. The van der Waals surface area contributed by atoms with E-state index in [0.717, 1.165) is 11.8 Å². The van der Waals surface area contributed by atoms with Crippen LogP contribution in [0.2, 0.25) is 22.2 Å². The van der Waals surface area contributed by atoms with Crippen LogP contribution in [-0.4, -0.2) is 66.6 Å². The van der Waals surface area contributed by atoms with Gasteiger partial charge >= 0.3 is 22.4 Å². The van der Waals surface area contributed by atoms with E-state index in [1.165, 1.54) is 0 Å². The molecule has 0 spiro atoms. The zero-order valence-corrected chi connectivity index (χ0v) is 23.9. The molecule has 0 amide bonds. The van der Waals surface area contributed by atoms with Gasteiger partial charge in [0.2, 0.25) is 0 Å². The molecule has 0 aromatic heterocycles. The predicted molar refractivity (Wildman–Crippen MR) is 133 cm³/mol. The Labute approximate surface area is 192 Å². The van der Waals surface area contributed by atoms with E-state index in [2.05, 4.69) is 64.5 Å². The summed E-state index contributed by atoms with van der Waals surface area (Å²) in [6, 6.07) is -0.233. The quantitative estimate of drug-likeness (QED) is 0.300. The van der Waals surface area contributed by atoms with Crippen molar-refractivity contribution in [2.75, 3.05) is 12.9 Å². The fourth-order valence-electron chi connectivity index (χ4n) is 4.71. The Bertz CT molecular complexity index is 581. The lowest BCUT2D eigenvalue weighted by Crippen LogP contribution is -2.66. The maximum atomic E-state index is 12.1. The van der Waals surface area contributed by atoms with Crippen LogP contribution in [0.1, 0.15) is 55.4 Å². The van der Waals surface area contributed by atoms with E-state index in [0.29, 0.717) is 13.6 Å². The fourth-order valence-corrected chi connectivity index (χ4v) is 16.5. The third-order valence-corrected chi connectivity index (χ3v) is 17.5. The fraction of sp³-hybridized carbons (Fsp3) is 0.947. The molecule has 2 saturated heterocycles. The summed E-state index contributed by atoms with van der Waals surface area (Å²) < 4.78 is 33.1. The number of thioether (sulfide) groups is 1. The first-order chi connectivity index (χ1) is 13.9. The number of carbonyl (C=O) groups is 1. The van der Waals surface area contributed by atoms with Crippen molar-refractivity contribution in [2.24, 2.45) is 0 Å². The van der Waals surface area contributed by atoms with Crippen LogP contribution < -0.4 is 0 Å². The molecule has 0 aromatic carbocycles. The minimum Gasteiger partial charge on any atom is -0.449 e. The van der Waals surface area contributed by atoms with Gasteiger partial charge in [-0.3, -0.25) is 0 Å². The van der Waals surface area contributed by atoms with Crippen molar-refractivity contribution >= 4 is 50.3 Å². The lowest BCUT2D eigenvalue weighted by atomic mass is 9.91. The first kappa shape index (κ1) is 26.8. The summed E-state index contributed by atoms with van der Waals surface area (Å²) >= 11 is 1.07. The van der Waals surface area contributed by atoms with Gasteiger partial charge in [-0.25, -0.2) is 4.79 Å². The largest absolute Gasteiger partial charge is 0.449 e. The van der Waals surface area contributed by atoms with E-state index < -0.39 is 23.2 Å². The van der Waals surface area contributed by atoms with Crippen LogP contribution in [0.4, 0.5) is 4.79 Å². The number of carbonyl (C=O) groups excluding carboxylic acids is 1. The molecule has 2 rings (SSSR count). The Hall–Kier alpha value is 0.589. The highest BCUT2D eigenvalue weighted by Crippen LogP contribution is 2.47. The summed E-state index contributed by atoms with van der Waals surface area (Å²) in [6.07, 6.45) is 0.613. The Morgan fingerprint density at radius 2 is 1.57 bits per heavy atom. The van der Waals surface area contributed by atoms with Crippen LogP contribution in [0.25, 0.3) is 0 Å². The van der Waals surface area contributed by atoms with E-state index >= 15 is 0 Å². The number of hydrogen-bond acceptors (Lipinski definition) is 7. The summed E-state index contributed by atoms with van der Waals surface area (Å²) in [5.74, 6) is 0. The molecule has 0 aromatic rings. The van der Waals surface area contributed by atoms with E-state index in [-0.39, 0.29) is 45.7 Å². The van der Waals surface area contributed by atoms with E-state index in [1.807, 2.05) is 0 Å². The minimum absolute atomic E-state index is 0.219. The molecule has 30 heavy (non-hydrogen) atoms. The lowest BCUT2D eigenvalue weighted by molar-refractivity contribution is -0.0321. The van der Waals surface area contributed by atoms with E-state index in [4.69, 9.17) is 22.4 Å². The molecule has 2 heterocycles. The number of fused-ring (bicyclic) bond motifs is 1. The Morgan fingerprint density at radius 1 is 1.03 bits per heavy atom. The third kappa shape index (κ3) is 5.06. The number of ether oxygens (including phenoxy) is 2. The average molecular weight is 495 g/mol. The molecule has 2 unspecified atom stereocenters. The second-order valence-corrected chi connectivity index (χ2v) is 19.6. The molecule has 6 nitrogen and oxygen atoms in total. The van der Waals surface area contributed by atoms with Crippen LogP contribution in [0.3, 0.4) is 0 Å². The van der Waals surface area contributed by atoms with E-state index in [1.54, 1.807) is 6.26 Å². The molecular formula is C19H40BO6PSSi2. The maximum absolute atomic E-state index is 12.1. The number of rotatable bonds is 6. The Morgan fingerprint density at radius 3 is 2.00 bits per heavy atom. The second kappa shape index (κ2) is 10.7. The van der Waals surface area contributed by atoms with Crippen LogP contribution in [-0.2, 0) is 22.4 Å². The third-order valence-electron chi connectivity index (χ3n) is 6.37. The highest BCUT2D eigenvalue weighted by Gasteiger charge is 2.62. The van der Waals surface area contributed by atoms with Gasteiger partial charge in [0.05, 0.1) is 12.6 Å². The van der Waals surface area contributed by atoms with Gasteiger partial charge in [0.15, 0.2) is 7.00 Å². The molecule has 0 bridgehead atoms. The van der Waals surface area contributed by atoms with Crippen LogP contribution >= 0.6 is 20.9 Å². The summed E-state index contributed by atoms with van der Waals surface area (Å²) in [5, 5.41) is -0.311. The van der Waals surface area contributed by atoms with Gasteiger partial charge in [0.1, 0.15) is 18.3 Å². The van der Waals surface area contributed by atoms with Crippen molar-refractivity contribution in [3.05, 3.63) is 0 Å². The van der Waals surface area contributed by atoms with Crippen molar-refractivity contribution in [1.82, 2.24) is 0 Å². The van der Waals surface area contributed by atoms with Crippen LogP contribution in [0, 0.1) is 0 Å². The first-order valence-corrected chi connectivity index (χ1v) is 17.1. The molecule has 0 saturated carbocycles. The van der Waals surface area contributed by atoms with Crippen molar-refractivity contribution in [1.29, 1.82) is 0 Å². The molecular weight excluding hydrogens is 454 g/mol. The van der Waals surface area contributed by atoms with Gasteiger partial charge < -0.3 is 22.4 Å². The smallest absolute Gasteiger partial charge is 0.367 e. The van der Waals surface area contributed by atoms with Gasteiger partial charge in [-0.15, -0.1) is 0 Å². The van der Waals surface area contributed by atoms with Gasteiger partial charge in [-0.05, 0) is 40.2 Å². The van der Waals surface area contributed by atoms with Crippen molar-refractivity contribution in [3.63, 3.8) is 0 Å². The summed E-state index contributed by atoms with van der Waals surface area (Å²) in [6.45, 7) is 18.6.